The lowest BCUT2D eigenvalue weighted by Crippen LogP contribution is -2.29. The van der Waals surface area contributed by atoms with Gasteiger partial charge >= 0.3 is 0 Å². The first-order valence-corrected chi connectivity index (χ1v) is 8.34. The van der Waals surface area contributed by atoms with Crippen LogP contribution in [0.2, 0.25) is 0 Å². The standard InChI is InChI=1S/C12H22N4OS/c1-10(6-8-18(2)17)13-9-12-15-14-11-5-3-4-7-16(11)12/h10,13H,3-9H2,1-2H3. The molecule has 18 heavy (non-hydrogen) atoms. The van der Waals surface area contributed by atoms with Crippen molar-refractivity contribution in [3.63, 3.8) is 0 Å². The van der Waals surface area contributed by atoms with E-state index in [1.807, 2.05) is 0 Å². The smallest absolute Gasteiger partial charge is 0.147 e. The summed E-state index contributed by atoms with van der Waals surface area (Å²) in [5.74, 6) is 2.92. The summed E-state index contributed by atoms with van der Waals surface area (Å²) >= 11 is 0. The Bertz CT molecular complexity index is 418. The van der Waals surface area contributed by atoms with Gasteiger partial charge in [-0.3, -0.25) is 4.21 Å². The van der Waals surface area contributed by atoms with E-state index < -0.39 is 10.8 Å². The summed E-state index contributed by atoms with van der Waals surface area (Å²) in [6.45, 7) is 3.93. The van der Waals surface area contributed by atoms with Crippen molar-refractivity contribution in [2.45, 2.75) is 51.7 Å². The van der Waals surface area contributed by atoms with Gasteiger partial charge in [0.15, 0.2) is 0 Å². The van der Waals surface area contributed by atoms with E-state index in [0.717, 1.165) is 43.3 Å². The maximum absolute atomic E-state index is 11.0. The summed E-state index contributed by atoms with van der Waals surface area (Å²) in [6.07, 6.45) is 6.19. The van der Waals surface area contributed by atoms with Crippen molar-refractivity contribution < 1.29 is 4.21 Å². The van der Waals surface area contributed by atoms with Crippen LogP contribution in [0.5, 0.6) is 0 Å². The van der Waals surface area contributed by atoms with Crippen LogP contribution in [-0.2, 0) is 30.3 Å². The first-order valence-electron chi connectivity index (χ1n) is 6.61. The number of aromatic nitrogens is 3. The number of rotatable bonds is 6. The first kappa shape index (κ1) is 13.7. The van der Waals surface area contributed by atoms with Crippen LogP contribution in [0.1, 0.15) is 37.8 Å². The molecule has 2 heterocycles. The second kappa shape index (κ2) is 6.43. The topological polar surface area (TPSA) is 59.8 Å². The molecule has 1 aliphatic rings. The van der Waals surface area contributed by atoms with E-state index in [2.05, 4.69) is 27.0 Å². The van der Waals surface area contributed by atoms with Gasteiger partial charge in [-0.05, 0) is 26.2 Å². The SMILES string of the molecule is CC(CCS(C)=O)NCc1nnc2n1CCCC2. The molecule has 0 aliphatic carbocycles. The summed E-state index contributed by atoms with van der Waals surface area (Å²) < 4.78 is 13.3. The van der Waals surface area contributed by atoms with Crippen molar-refractivity contribution in [3.05, 3.63) is 11.6 Å². The number of nitrogens with zero attached hydrogens (tertiary/aromatic N) is 3. The van der Waals surface area contributed by atoms with Crippen molar-refractivity contribution in [1.29, 1.82) is 0 Å². The maximum atomic E-state index is 11.0. The van der Waals surface area contributed by atoms with E-state index in [0.29, 0.717) is 6.04 Å². The van der Waals surface area contributed by atoms with Gasteiger partial charge in [-0.2, -0.15) is 0 Å². The Kier molecular flexibility index (Phi) is 4.88. The normalized spacial score (nSPS) is 18.3. The predicted molar refractivity (Wildman–Crippen MR) is 72.8 cm³/mol. The number of fused-ring (bicyclic) bond motifs is 1. The summed E-state index contributed by atoms with van der Waals surface area (Å²) in [7, 11) is -0.702. The molecule has 2 rings (SSSR count). The fraction of sp³-hybridized carbons (Fsp3) is 0.833. The van der Waals surface area contributed by atoms with E-state index >= 15 is 0 Å². The minimum absolute atomic E-state index is 0.366. The zero-order valence-corrected chi connectivity index (χ0v) is 12.0. The average molecular weight is 270 g/mol. The van der Waals surface area contributed by atoms with Crippen molar-refractivity contribution in [2.24, 2.45) is 0 Å². The minimum Gasteiger partial charge on any atom is -0.314 e. The van der Waals surface area contributed by atoms with E-state index in [4.69, 9.17) is 0 Å². The molecular formula is C12H22N4OS. The highest BCUT2D eigenvalue weighted by atomic mass is 32.2. The fourth-order valence-electron chi connectivity index (χ4n) is 2.21. The number of aryl methyl sites for hydroxylation is 1. The molecule has 1 N–H and O–H groups in total. The van der Waals surface area contributed by atoms with Gasteiger partial charge in [0.25, 0.3) is 0 Å². The Morgan fingerprint density at radius 3 is 3.06 bits per heavy atom. The molecule has 0 radical (unpaired) electrons. The highest BCUT2D eigenvalue weighted by Crippen LogP contribution is 2.14. The van der Waals surface area contributed by atoms with Crippen LogP contribution in [0, 0.1) is 0 Å². The van der Waals surface area contributed by atoms with Gasteiger partial charge in [0, 0.05) is 41.8 Å². The minimum atomic E-state index is -0.702. The molecule has 102 valence electrons. The fourth-order valence-corrected chi connectivity index (χ4v) is 2.90. The van der Waals surface area contributed by atoms with Crippen LogP contribution in [0.4, 0.5) is 0 Å². The Balaban J connectivity index is 1.83. The molecule has 2 atom stereocenters. The average Bonchev–Trinajstić information content (AvgIpc) is 2.77. The molecular weight excluding hydrogens is 248 g/mol. The second-order valence-corrected chi connectivity index (χ2v) is 6.54. The third-order valence-corrected chi connectivity index (χ3v) is 4.19. The lowest BCUT2D eigenvalue weighted by atomic mass is 10.1. The van der Waals surface area contributed by atoms with Gasteiger partial charge < -0.3 is 9.88 Å². The van der Waals surface area contributed by atoms with Gasteiger partial charge in [0.2, 0.25) is 0 Å². The van der Waals surface area contributed by atoms with Crippen LogP contribution in [0.3, 0.4) is 0 Å². The summed E-state index contributed by atoms with van der Waals surface area (Å²) in [6, 6.07) is 0.366. The van der Waals surface area contributed by atoms with Crippen molar-refractivity contribution in [2.75, 3.05) is 12.0 Å². The quantitative estimate of drug-likeness (QED) is 0.833. The predicted octanol–water partition coefficient (Wildman–Crippen LogP) is 0.861. The third kappa shape index (κ3) is 3.62. The molecule has 2 unspecified atom stereocenters. The molecule has 1 aromatic heterocycles. The zero-order valence-electron chi connectivity index (χ0n) is 11.2. The molecule has 0 amide bonds. The molecule has 6 heteroatoms. The van der Waals surface area contributed by atoms with Crippen molar-refractivity contribution in [3.8, 4) is 0 Å². The largest absolute Gasteiger partial charge is 0.314 e. The van der Waals surface area contributed by atoms with Crippen LogP contribution < -0.4 is 5.32 Å². The zero-order chi connectivity index (χ0) is 13.0. The Morgan fingerprint density at radius 2 is 2.28 bits per heavy atom. The Morgan fingerprint density at radius 1 is 1.44 bits per heavy atom. The molecule has 0 aromatic carbocycles. The van der Waals surface area contributed by atoms with Gasteiger partial charge in [-0.25, -0.2) is 0 Å². The molecule has 0 spiro atoms. The van der Waals surface area contributed by atoms with Crippen LogP contribution >= 0.6 is 0 Å². The molecule has 1 aromatic rings. The summed E-state index contributed by atoms with van der Waals surface area (Å²) in [5, 5.41) is 11.9. The number of hydrogen-bond acceptors (Lipinski definition) is 4. The maximum Gasteiger partial charge on any atom is 0.147 e. The lowest BCUT2D eigenvalue weighted by Gasteiger charge is -2.16. The van der Waals surface area contributed by atoms with Crippen molar-refractivity contribution in [1.82, 2.24) is 20.1 Å². The lowest BCUT2D eigenvalue weighted by molar-refractivity contribution is 0.475. The van der Waals surface area contributed by atoms with E-state index in [9.17, 15) is 4.21 Å². The monoisotopic (exact) mass is 270 g/mol. The van der Waals surface area contributed by atoms with Gasteiger partial charge in [-0.1, -0.05) is 0 Å². The van der Waals surface area contributed by atoms with E-state index in [1.54, 1.807) is 6.26 Å². The van der Waals surface area contributed by atoms with Gasteiger partial charge in [0.1, 0.15) is 11.6 Å². The molecule has 0 fully saturated rings. The van der Waals surface area contributed by atoms with Crippen LogP contribution in [0.25, 0.3) is 0 Å². The Hall–Kier alpha value is -0.750. The third-order valence-electron chi connectivity index (χ3n) is 3.38. The summed E-state index contributed by atoms with van der Waals surface area (Å²) in [4.78, 5) is 0. The number of hydrogen-bond donors (Lipinski definition) is 1. The highest BCUT2D eigenvalue weighted by molar-refractivity contribution is 7.84. The van der Waals surface area contributed by atoms with Crippen LogP contribution in [0.15, 0.2) is 0 Å². The van der Waals surface area contributed by atoms with Gasteiger partial charge in [-0.15, -0.1) is 10.2 Å². The van der Waals surface area contributed by atoms with E-state index in [1.165, 1.54) is 12.8 Å². The van der Waals surface area contributed by atoms with Crippen molar-refractivity contribution >= 4 is 10.8 Å². The molecule has 0 bridgehead atoms. The second-order valence-electron chi connectivity index (χ2n) is 4.99. The Labute approximate surface area is 111 Å². The van der Waals surface area contributed by atoms with Crippen LogP contribution in [-0.4, -0.2) is 37.0 Å². The van der Waals surface area contributed by atoms with E-state index in [-0.39, 0.29) is 0 Å². The first-order chi connectivity index (χ1) is 8.66. The van der Waals surface area contributed by atoms with Gasteiger partial charge in [0.05, 0.1) is 6.54 Å². The highest BCUT2D eigenvalue weighted by Gasteiger charge is 2.15. The molecule has 1 aliphatic heterocycles. The molecule has 0 saturated carbocycles. The number of nitrogens with one attached hydrogen (secondary N) is 1. The molecule has 0 saturated heterocycles. The summed E-state index contributed by atoms with van der Waals surface area (Å²) in [5.41, 5.74) is 0. The molecule has 5 nitrogen and oxygen atoms in total.